The number of rotatable bonds is 6. The van der Waals surface area contributed by atoms with E-state index in [1.54, 1.807) is 25.3 Å². The van der Waals surface area contributed by atoms with Gasteiger partial charge in [0.1, 0.15) is 0 Å². The Hall–Kier alpha value is -2.15. The van der Waals surface area contributed by atoms with Gasteiger partial charge in [-0.3, -0.25) is 4.98 Å². The van der Waals surface area contributed by atoms with Crippen molar-refractivity contribution in [3.8, 4) is 0 Å². The zero-order valence-corrected chi connectivity index (χ0v) is 10.6. The van der Waals surface area contributed by atoms with Crippen LogP contribution in [0.25, 0.3) is 0 Å². The average Bonchev–Trinajstić information content (AvgIpc) is 2.42. The zero-order valence-electron chi connectivity index (χ0n) is 10.6. The van der Waals surface area contributed by atoms with Gasteiger partial charge in [-0.15, -0.1) is 0 Å². The molecule has 0 aliphatic rings. The molecule has 0 aromatic carbocycles. The number of aromatic nitrogens is 1. The number of aliphatic carboxylic acids is 1. The predicted molar refractivity (Wildman–Crippen MR) is 67.4 cm³/mol. The second-order valence-electron chi connectivity index (χ2n) is 3.86. The number of hydrogen-bond donors (Lipinski definition) is 3. The number of carboxylic acid groups (broad SMARTS) is 1. The summed E-state index contributed by atoms with van der Waals surface area (Å²) in [4.78, 5) is 28.1. The molecule has 0 saturated carbocycles. The standard InChI is InChI=1S/C12H17N3O4/c1-2-15(7-9-5-3-4-6-13-9)12(19)14-10(8-16)11(17)18/h3-6,10,16H,2,7-8H2,1H3,(H,14,19)(H,17,18). The first-order chi connectivity index (χ1) is 9.08. The molecule has 1 rings (SSSR count). The van der Waals surface area contributed by atoms with Crippen molar-refractivity contribution in [2.24, 2.45) is 0 Å². The number of amides is 2. The highest BCUT2D eigenvalue weighted by Crippen LogP contribution is 2.01. The maximum absolute atomic E-state index is 11.9. The van der Waals surface area contributed by atoms with Crippen LogP contribution in [0.15, 0.2) is 24.4 Å². The van der Waals surface area contributed by atoms with E-state index in [9.17, 15) is 9.59 Å². The van der Waals surface area contributed by atoms with E-state index in [2.05, 4.69) is 10.3 Å². The minimum absolute atomic E-state index is 0.279. The van der Waals surface area contributed by atoms with Gasteiger partial charge in [-0.25, -0.2) is 9.59 Å². The van der Waals surface area contributed by atoms with E-state index in [0.717, 1.165) is 0 Å². The second-order valence-corrected chi connectivity index (χ2v) is 3.86. The predicted octanol–water partition coefficient (Wildman–Crippen LogP) is 0.0586. The molecule has 0 bridgehead atoms. The first-order valence-corrected chi connectivity index (χ1v) is 5.87. The molecule has 0 aliphatic heterocycles. The number of urea groups is 1. The fourth-order valence-electron chi connectivity index (χ4n) is 1.44. The first kappa shape index (κ1) is 14.9. The Kier molecular flexibility index (Phi) is 5.74. The van der Waals surface area contributed by atoms with Crippen LogP contribution in [0.2, 0.25) is 0 Å². The van der Waals surface area contributed by atoms with Crippen LogP contribution in [0.4, 0.5) is 4.79 Å². The summed E-state index contributed by atoms with van der Waals surface area (Å²) in [7, 11) is 0. The molecular formula is C12H17N3O4. The molecule has 1 aromatic rings. The summed E-state index contributed by atoms with van der Waals surface area (Å²) in [6, 6.07) is 3.50. The van der Waals surface area contributed by atoms with E-state index < -0.39 is 24.6 Å². The summed E-state index contributed by atoms with van der Waals surface area (Å²) >= 11 is 0. The minimum atomic E-state index is -1.30. The molecule has 1 aromatic heterocycles. The first-order valence-electron chi connectivity index (χ1n) is 5.87. The molecule has 0 aliphatic carbocycles. The molecule has 7 heteroatoms. The van der Waals surface area contributed by atoms with Gasteiger partial charge in [0.05, 0.1) is 18.8 Å². The lowest BCUT2D eigenvalue weighted by Gasteiger charge is -2.22. The van der Waals surface area contributed by atoms with E-state index in [0.29, 0.717) is 12.2 Å². The maximum atomic E-state index is 11.9. The van der Waals surface area contributed by atoms with Crippen LogP contribution in [0.3, 0.4) is 0 Å². The van der Waals surface area contributed by atoms with Crippen molar-refractivity contribution >= 4 is 12.0 Å². The number of carbonyl (C=O) groups is 2. The second kappa shape index (κ2) is 7.32. The molecule has 0 saturated heterocycles. The van der Waals surface area contributed by atoms with Crippen LogP contribution in [0.1, 0.15) is 12.6 Å². The SMILES string of the molecule is CCN(Cc1ccccn1)C(=O)NC(CO)C(=O)O. The molecule has 1 unspecified atom stereocenters. The number of carboxylic acids is 1. The summed E-state index contributed by atoms with van der Waals surface area (Å²) < 4.78 is 0. The third-order valence-electron chi connectivity index (χ3n) is 2.53. The van der Waals surface area contributed by atoms with Crippen molar-refractivity contribution < 1.29 is 19.8 Å². The Morgan fingerprint density at radius 3 is 2.68 bits per heavy atom. The summed E-state index contributed by atoms with van der Waals surface area (Å²) in [6.45, 7) is 1.81. The highest BCUT2D eigenvalue weighted by atomic mass is 16.4. The van der Waals surface area contributed by atoms with Gasteiger partial charge in [-0.05, 0) is 19.1 Å². The molecular weight excluding hydrogens is 250 g/mol. The highest BCUT2D eigenvalue weighted by molar-refractivity contribution is 5.82. The van der Waals surface area contributed by atoms with Crippen molar-refractivity contribution in [2.75, 3.05) is 13.2 Å². The van der Waals surface area contributed by atoms with Crippen molar-refractivity contribution in [3.63, 3.8) is 0 Å². The van der Waals surface area contributed by atoms with Gasteiger partial charge in [0, 0.05) is 12.7 Å². The van der Waals surface area contributed by atoms with Crippen LogP contribution in [0, 0.1) is 0 Å². The van der Waals surface area contributed by atoms with Gasteiger partial charge in [0.25, 0.3) is 0 Å². The van der Waals surface area contributed by atoms with Crippen molar-refractivity contribution in [3.05, 3.63) is 30.1 Å². The van der Waals surface area contributed by atoms with Crippen molar-refractivity contribution in [1.29, 1.82) is 0 Å². The Morgan fingerprint density at radius 2 is 2.21 bits per heavy atom. The number of nitrogens with zero attached hydrogens (tertiary/aromatic N) is 2. The van der Waals surface area contributed by atoms with Gasteiger partial charge < -0.3 is 20.4 Å². The van der Waals surface area contributed by atoms with Gasteiger partial charge in [-0.2, -0.15) is 0 Å². The Labute approximate surface area is 110 Å². The molecule has 7 nitrogen and oxygen atoms in total. The van der Waals surface area contributed by atoms with E-state index in [1.807, 2.05) is 6.07 Å². The van der Waals surface area contributed by atoms with Gasteiger partial charge >= 0.3 is 12.0 Å². The van der Waals surface area contributed by atoms with E-state index in [4.69, 9.17) is 10.2 Å². The van der Waals surface area contributed by atoms with Crippen molar-refractivity contribution in [1.82, 2.24) is 15.2 Å². The zero-order chi connectivity index (χ0) is 14.3. The third kappa shape index (κ3) is 4.55. The molecule has 0 spiro atoms. The smallest absolute Gasteiger partial charge is 0.328 e. The summed E-state index contributed by atoms with van der Waals surface area (Å²) in [6.07, 6.45) is 1.62. The van der Waals surface area contributed by atoms with Gasteiger partial charge in [0.15, 0.2) is 6.04 Å². The monoisotopic (exact) mass is 267 g/mol. The van der Waals surface area contributed by atoms with Gasteiger partial charge in [-0.1, -0.05) is 6.07 Å². The molecule has 0 fully saturated rings. The summed E-state index contributed by atoms with van der Waals surface area (Å²) in [5.41, 5.74) is 0.704. The normalized spacial score (nSPS) is 11.7. The minimum Gasteiger partial charge on any atom is -0.480 e. The molecule has 1 heterocycles. The van der Waals surface area contributed by atoms with Crippen LogP contribution in [0.5, 0.6) is 0 Å². The maximum Gasteiger partial charge on any atom is 0.328 e. The van der Waals surface area contributed by atoms with Crippen LogP contribution in [-0.2, 0) is 11.3 Å². The fourth-order valence-corrected chi connectivity index (χ4v) is 1.44. The third-order valence-corrected chi connectivity index (χ3v) is 2.53. The van der Waals surface area contributed by atoms with Crippen LogP contribution >= 0.6 is 0 Å². The van der Waals surface area contributed by atoms with Gasteiger partial charge in [0.2, 0.25) is 0 Å². The lowest BCUT2D eigenvalue weighted by atomic mass is 10.3. The van der Waals surface area contributed by atoms with Crippen LogP contribution in [-0.4, -0.2) is 51.3 Å². The molecule has 0 radical (unpaired) electrons. The van der Waals surface area contributed by atoms with E-state index in [1.165, 1.54) is 4.90 Å². The number of aliphatic hydroxyl groups excluding tert-OH is 1. The quantitative estimate of drug-likeness (QED) is 0.676. The number of aliphatic hydroxyl groups is 1. The molecule has 2 amide bonds. The summed E-state index contributed by atoms with van der Waals surface area (Å²) in [5.74, 6) is -1.27. The topological polar surface area (TPSA) is 103 Å². The Morgan fingerprint density at radius 1 is 1.47 bits per heavy atom. The molecule has 1 atom stereocenters. The number of hydrogen-bond acceptors (Lipinski definition) is 4. The lowest BCUT2D eigenvalue weighted by molar-refractivity contribution is -0.140. The highest BCUT2D eigenvalue weighted by Gasteiger charge is 2.21. The van der Waals surface area contributed by atoms with Crippen molar-refractivity contribution in [2.45, 2.75) is 19.5 Å². The average molecular weight is 267 g/mol. The summed E-state index contributed by atoms with van der Waals surface area (Å²) in [5, 5.41) is 19.9. The largest absolute Gasteiger partial charge is 0.480 e. The Bertz CT molecular complexity index is 424. The molecule has 3 N–H and O–H groups in total. The molecule has 19 heavy (non-hydrogen) atoms. The molecule has 104 valence electrons. The van der Waals surface area contributed by atoms with Crippen LogP contribution < -0.4 is 5.32 Å². The number of nitrogens with one attached hydrogen (secondary N) is 1. The van der Waals surface area contributed by atoms with E-state index >= 15 is 0 Å². The number of pyridine rings is 1. The lowest BCUT2D eigenvalue weighted by Crippen LogP contribution is -2.49. The Balaban J connectivity index is 2.64. The number of carbonyl (C=O) groups excluding carboxylic acids is 1. The fraction of sp³-hybridized carbons (Fsp3) is 0.417. The van der Waals surface area contributed by atoms with E-state index in [-0.39, 0.29) is 6.54 Å².